The van der Waals surface area contributed by atoms with E-state index in [0.29, 0.717) is 6.54 Å². The standard InChI is InChI=1S/C21H23NOS/c1-16-14-24-15-20(16)18-10-8-17(9-11-18)12-22(2)13-21(23)19-6-4-3-5-7-19/h3-11,14-15,21,23H,12-13H2,1-2H3. The molecule has 1 heterocycles. The molecule has 24 heavy (non-hydrogen) atoms. The Balaban J connectivity index is 1.60. The van der Waals surface area contributed by atoms with Crippen molar-refractivity contribution in [2.75, 3.05) is 13.6 Å². The van der Waals surface area contributed by atoms with Crippen LogP contribution in [0, 0.1) is 6.92 Å². The second kappa shape index (κ2) is 7.75. The molecule has 2 aromatic carbocycles. The number of thiophene rings is 1. The molecule has 0 saturated heterocycles. The van der Waals surface area contributed by atoms with Crippen LogP contribution in [0.5, 0.6) is 0 Å². The van der Waals surface area contributed by atoms with Crippen LogP contribution >= 0.6 is 11.3 Å². The number of benzene rings is 2. The Bertz CT molecular complexity index is 764. The molecule has 1 N–H and O–H groups in total. The molecule has 124 valence electrons. The summed E-state index contributed by atoms with van der Waals surface area (Å²) in [4.78, 5) is 2.16. The summed E-state index contributed by atoms with van der Waals surface area (Å²) in [6.07, 6.45) is -0.455. The van der Waals surface area contributed by atoms with Crippen molar-refractivity contribution in [1.29, 1.82) is 0 Å². The Morgan fingerprint density at radius 3 is 2.33 bits per heavy atom. The van der Waals surface area contributed by atoms with E-state index in [4.69, 9.17) is 0 Å². The monoisotopic (exact) mass is 337 g/mol. The molecular weight excluding hydrogens is 314 g/mol. The van der Waals surface area contributed by atoms with Crippen molar-refractivity contribution >= 4 is 11.3 Å². The average molecular weight is 337 g/mol. The lowest BCUT2D eigenvalue weighted by Gasteiger charge is -2.21. The number of aliphatic hydroxyl groups is 1. The SMILES string of the molecule is Cc1cscc1-c1ccc(CN(C)CC(O)c2ccccc2)cc1. The zero-order valence-corrected chi connectivity index (χ0v) is 15.0. The third-order valence-corrected chi connectivity index (χ3v) is 5.10. The first kappa shape index (κ1) is 16.9. The summed E-state index contributed by atoms with van der Waals surface area (Å²) in [5.74, 6) is 0. The van der Waals surface area contributed by atoms with Crippen LogP contribution in [0.25, 0.3) is 11.1 Å². The molecule has 0 aliphatic heterocycles. The molecule has 1 unspecified atom stereocenters. The summed E-state index contributed by atoms with van der Waals surface area (Å²) in [5.41, 5.74) is 6.14. The second-order valence-electron chi connectivity index (χ2n) is 6.29. The predicted molar refractivity (Wildman–Crippen MR) is 102 cm³/mol. The van der Waals surface area contributed by atoms with Gasteiger partial charge in [-0.3, -0.25) is 4.90 Å². The minimum Gasteiger partial charge on any atom is -0.387 e. The number of rotatable bonds is 6. The van der Waals surface area contributed by atoms with Crippen LogP contribution < -0.4 is 0 Å². The van der Waals surface area contributed by atoms with Crippen molar-refractivity contribution in [2.45, 2.75) is 19.6 Å². The van der Waals surface area contributed by atoms with E-state index in [1.54, 1.807) is 11.3 Å². The minimum atomic E-state index is -0.455. The molecule has 0 bridgehead atoms. The third kappa shape index (κ3) is 4.12. The van der Waals surface area contributed by atoms with Gasteiger partial charge in [0.1, 0.15) is 0 Å². The van der Waals surface area contributed by atoms with E-state index in [-0.39, 0.29) is 0 Å². The van der Waals surface area contributed by atoms with Gasteiger partial charge in [0.25, 0.3) is 0 Å². The molecule has 1 aromatic heterocycles. The van der Waals surface area contributed by atoms with E-state index < -0.39 is 6.10 Å². The Morgan fingerprint density at radius 1 is 1.00 bits per heavy atom. The number of aliphatic hydroxyl groups excluding tert-OH is 1. The molecule has 0 aliphatic rings. The zero-order valence-electron chi connectivity index (χ0n) is 14.1. The molecule has 0 fully saturated rings. The Morgan fingerprint density at radius 2 is 1.71 bits per heavy atom. The van der Waals surface area contributed by atoms with E-state index in [2.05, 4.69) is 46.8 Å². The number of likely N-dealkylation sites (N-methyl/N-ethyl adjacent to an activating group) is 1. The van der Waals surface area contributed by atoms with Gasteiger partial charge in [-0.05, 0) is 52.5 Å². The van der Waals surface area contributed by atoms with Crippen LogP contribution in [0.1, 0.15) is 22.8 Å². The largest absolute Gasteiger partial charge is 0.387 e. The lowest BCUT2D eigenvalue weighted by molar-refractivity contribution is 0.124. The van der Waals surface area contributed by atoms with Crippen LogP contribution in [0.3, 0.4) is 0 Å². The van der Waals surface area contributed by atoms with Crippen molar-refractivity contribution in [2.24, 2.45) is 0 Å². The van der Waals surface area contributed by atoms with Gasteiger partial charge in [-0.2, -0.15) is 11.3 Å². The quantitative estimate of drug-likeness (QED) is 0.692. The molecule has 0 amide bonds. The molecule has 2 nitrogen and oxygen atoms in total. The summed E-state index contributed by atoms with van der Waals surface area (Å²) < 4.78 is 0. The summed E-state index contributed by atoms with van der Waals surface area (Å²) in [6.45, 7) is 3.60. The average Bonchev–Trinajstić information content (AvgIpc) is 3.02. The first-order valence-corrected chi connectivity index (χ1v) is 9.11. The number of nitrogens with zero attached hydrogens (tertiary/aromatic N) is 1. The van der Waals surface area contributed by atoms with Crippen LogP contribution in [0.15, 0.2) is 65.4 Å². The molecule has 0 radical (unpaired) electrons. The van der Waals surface area contributed by atoms with E-state index in [1.165, 1.54) is 22.3 Å². The van der Waals surface area contributed by atoms with Gasteiger partial charge in [-0.25, -0.2) is 0 Å². The van der Waals surface area contributed by atoms with E-state index in [0.717, 1.165) is 12.1 Å². The van der Waals surface area contributed by atoms with Crippen molar-refractivity contribution in [3.8, 4) is 11.1 Å². The molecule has 0 saturated carbocycles. The predicted octanol–water partition coefficient (Wildman–Crippen LogP) is 4.89. The van der Waals surface area contributed by atoms with Crippen molar-refractivity contribution in [1.82, 2.24) is 4.90 Å². The lowest BCUT2D eigenvalue weighted by Crippen LogP contribution is -2.24. The fraction of sp³-hybridized carbons (Fsp3) is 0.238. The minimum absolute atomic E-state index is 0.455. The topological polar surface area (TPSA) is 23.5 Å². The van der Waals surface area contributed by atoms with Crippen molar-refractivity contribution < 1.29 is 5.11 Å². The fourth-order valence-electron chi connectivity index (χ4n) is 2.90. The van der Waals surface area contributed by atoms with E-state index in [1.807, 2.05) is 37.4 Å². The fourth-order valence-corrected chi connectivity index (χ4v) is 3.76. The maximum absolute atomic E-state index is 10.3. The number of aryl methyl sites for hydroxylation is 1. The number of hydrogen-bond acceptors (Lipinski definition) is 3. The summed E-state index contributed by atoms with van der Waals surface area (Å²) in [6, 6.07) is 18.6. The Hall–Kier alpha value is -1.94. The van der Waals surface area contributed by atoms with Gasteiger partial charge in [0.05, 0.1) is 6.10 Å². The van der Waals surface area contributed by atoms with Gasteiger partial charge in [0.2, 0.25) is 0 Å². The molecule has 3 heteroatoms. The zero-order chi connectivity index (χ0) is 16.9. The van der Waals surface area contributed by atoms with E-state index >= 15 is 0 Å². The van der Waals surface area contributed by atoms with Crippen molar-refractivity contribution in [3.63, 3.8) is 0 Å². The van der Waals surface area contributed by atoms with Gasteiger partial charge in [-0.1, -0.05) is 54.6 Å². The summed E-state index contributed by atoms with van der Waals surface area (Å²) >= 11 is 1.74. The summed E-state index contributed by atoms with van der Waals surface area (Å²) in [5, 5.41) is 14.7. The third-order valence-electron chi connectivity index (χ3n) is 4.24. The molecule has 0 spiro atoms. The molecule has 3 rings (SSSR count). The van der Waals surface area contributed by atoms with Crippen LogP contribution in [-0.2, 0) is 6.54 Å². The van der Waals surface area contributed by atoms with Crippen LogP contribution in [0.4, 0.5) is 0 Å². The highest BCUT2D eigenvalue weighted by molar-refractivity contribution is 7.08. The van der Waals surface area contributed by atoms with Gasteiger partial charge >= 0.3 is 0 Å². The first-order chi connectivity index (χ1) is 11.6. The lowest BCUT2D eigenvalue weighted by atomic mass is 10.0. The normalized spacial score (nSPS) is 12.5. The first-order valence-electron chi connectivity index (χ1n) is 8.17. The van der Waals surface area contributed by atoms with Crippen LogP contribution in [-0.4, -0.2) is 23.6 Å². The number of hydrogen-bond donors (Lipinski definition) is 1. The Labute approximate surface area is 148 Å². The maximum atomic E-state index is 10.3. The highest BCUT2D eigenvalue weighted by Crippen LogP contribution is 2.27. The van der Waals surface area contributed by atoms with Gasteiger partial charge < -0.3 is 5.11 Å². The van der Waals surface area contributed by atoms with E-state index in [9.17, 15) is 5.11 Å². The molecule has 1 atom stereocenters. The van der Waals surface area contributed by atoms with Gasteiger partial charge in [-0.15, -0.1) is 0 Å². The summed E-state index contributed by atoms with van der Waals surface area (Å²) in [7, 11) is 2.04. The van der Waals surface area contributed by atoms with Crippen molar-refractivity contribution in [3.05, 3.63) is 82.0 Å². The molecular formula is C21H23NOS. The highest BCUT2D eigenvalue weighted by atomic mass is 32.1. The molecule has 0 aliphatic carbocycles. The Kier molecular flexibility index (Phi) is 5.46. The highest BCUT2D eigenvalue weighted by Gasteiger charge is 2.11. The van der Waals surface area contributed by atoms with Gasteiger partial charge in [0, 0.05) is 13.1 Å². The smallest absolute Gasteiger partial charge is 0.0916 e. The second-order valence-corrected chi connectivity index (χ2v) is 7.03. The maximum Gasteiger partial charge on any atom is 0.0916 e. The molecule has 3 aromatic rings. The van der Waals surface area contributed by atoms with Crippen LogP contribution in [0.2, 0.25) is 0 Å². The van der Waals surface area contributed by atoms with Gasteiger partial charge in [0.15, 0.2) is 0 Å².